The predicted octanol–water partition coefficient (Wildman–Crippen LogP) is 3.39. The lowest BCUT2D eigenvalue weighted by Crippen LogP contribution is -2.13. The van der Waals surface area contributed by atoms with Gasteiger partial charge >= 0.3 is 0 Å². The molecule has 0 nitrogen and oxygen atoms in total. The van der Waals surface area contributed by atoms with Crippen molar-refractivity contribution in [1.29, 1.82) is 0 Å². The minimum absolute atomic E-state index is 0.483. The molecule has 3 unspecified atom stereocenters. The van der Waals surface area contributed by atoms with Gasteiger partial charge in [0.25, 0.3) is 0 Å². The van der Waals surface area contributed by atoms with Gasteiger partial charge in [-0.15, -0.1) is 0 Å². The summed E-state index contributed by atoms with van der Waals surface area (Å²) in [7, 11) is 0. The molecule has 0 bridgehead atoms. The molecule has 3 atom stereocenters. The Hall–Kier alpha value is 1.75. The summed E-state index contributed by atoms with van der Waals surface area (Å²) in [4.78, 5) is 0. The molecule has 0 rings (SSSR count). The van der Waals surface area contributed by atoms with E-state index in [1.807, 2.05) is 23.5 Å². The third kappa shape index (κ3) is 10.3. The van der Waals surface area contributed by atoms with E-state index >= 15 is 0 Å². The van der Waals surface area contributed by atoms with E-state index in [2.05, 4.69) is 51.7 Å². The zero-order valence-electron chi connectivity index (χ0n) is 8.72. The van der Waals surface area contributed by atoms with Crippen molar-refractivity contribution in [2.75, 3.05) is 23.0 Å². The average Bonchev–Trinajstić information content (AvgIpc) is 2.10. The lowest BCUT2D eigenvalue weighted by molar-refractivity contribution is 1.09. The molecule has 0 aliphatic rings. The quantitative estimate of drug-likeness (QED) is 0.586. The fourth-order valence-corrected chi connectivity index (χ4v) is 4.18. The zero-order chi connectivity index (χ0) is 11.0. The Kier molecular flexibility index (Phi) is 11.2. The third-order valence-electron chi connectivity index (χ3n) is 1.44. The molecule has 0 saturated heterocycles. The van der Waals surface area contributed by atoms with Gasteiger partial charge in [0, 0.05) is 38.8 Å². The summed E-state index contributed by atoms with van der Waals surface area (Å²) in [6.07, 6.45) is 0. The van der Waals surface area contributed by atoms with Gasteiger partial charge in [-0.3, -0.25) is 0 Å². The second kappa shape index (κ2) is 9.94. The van der Waals surface area contributed by atoms with Crippen LogP contribution < -0.4 is 0 Å². The molecule has 0 fully saturated rings. The van der Waals surface area contributed by atoms with E-state index < -0.39 is 0 Å². The van der Waals surface area contributed by atoms with Gasteiger partial charge < -0.3 is 0 Å². The lowest BCUT2D eigenvalue weighted by Gasteiger charge is -2.15. The molecule has 0 spiro atoms. The van der Waals surface area contributed by atoms with Crippen LogP contribution in [-0.2, 0) is 0 Å². The highest BCUT2D eigenvalue weighted by molar-refractivity contribution is 8.04. The molecular formula is C9H20S5. The molecule has 0 amide bonds. The normalized spacial score (nSPS) is 17.8. The molecule has 5 heteroatoms. The standard InChI is InChI=1S/C9H20S5/c1-7(11)4-13-6-9(3-10)14-5-8(2)12/h7-12H,3-6H2,1-2H3. The van der Waals surface area contributed by atoms with E-state index in [-0.39, 0.29) is 0 Å². The maximum atomic E-state index is 4.37. The average molecular weight is 289 g/mol. The summed E-state index contributed by atoms with van der Waals surface area (Å²) >= 11 is 17.0. The van der Waals surface area contributed by atoms with E-state index in [0.717, 1.165) is 17.3 Å². The Morgan fingerprint density at radius 1 is 1.00 bits per heavy atom. The molecule has 0 heterocycles. The number of hydrogen-bond acceptors (Lipinski definition) is 5. The van der Waals surface area contributed by atoms with Crippen molar-refractivity contribution < 1.29 is 0 Å². The Labute approximate surface area is 113 Å². The molecule has 0 aromatic heterocycles. The van der Waals surface area contributed by atoms with Gasteiger partial charge in [0.2, 0.25) is 0 Å². The first-order valence-corrected chi connectivity index (χ1v) is 8.59. The molecule has 0 aromatic rings. The number of thiol groups is 3. The van der Waals surface area contributed by atoms with E-state index in [4.69, 9.17) is 0 Å². The third-order valence-corrected chi connectivity index (χ3v) is 6.07. The van der Waals surface area contributed by atoms with Crippen molar-refractivity contribution in [3.05, 3.63) is 0 Å². The maximum Gasteiger partial charge on any atom is 0.0226 e. The predicted molar refractivity (Wildman–Crippen MR) is 84.3 cm³/mol. The molecule has 14 heavy (non-hydrogen) atoms. The van der Waals surface area contributed by atoms with Gasteiger partial charge in [-0.05, 0) is 0 Å². The van der Waals surface area contributed by atoms with E-state index in [9.17, 15) is 0 Å². The summed E-state index contributed by atoms with van der Waals surface area (Å²) < 4.78 is 0. The molecular weight excluding hydrogens is 268 g/mol. The van der Waals surface area contributed by atoms with Crippen LogP contribution in [0.5, 0.6) is 0 Å². The molecule has 0 aliphatic carbocycles. The zero-order valence-corrected chi connectivity index (χ0v) is 13.0. The van der Waals surface area contributed by atoms with Gasteiger partial charge in [-0.25, -0.2) is 0 Å². The summed E-state index contributed by atoms with van der Waals surface area (Å²) in [6, 6.07) is 0. The van der Waals surface area contributed by atoms with Crippen molar-refractivity contribution in [2.45, 2.75) is 29.6 Å². The van der Waals surface area contributed by atoms with E-state index in [1.165, 1.54) is 5.75 Å². The fraction of sp³-hybridized carbons (Fsp3) is 1.00. The van der Waals surface area contributed by atoms with Crippen molar-refractivity contribution in [1.82, 2.24) is 0 Å². The first kappa shape index (κ1) is 15.8. The highest BCUT2D eigenvalue weighted by Crippen LogP contribution is 2.21. The minimum Gasteiger partial charge on any atom is -0.178 e. The number of thioether (sulfide) groups is 2. The molecule has 0 saturated carbocycles. The Morgan fingerprint density at radius 2 is 1.57 bits per heavy atom. The topological polar surface area (TPSA) is 0 Å². The smallest absolute Gasteiger partial charge is 0.0226 e. The fourth-order valence-electron chi connectivity index (χ4n) is 0.799. The molecule has 0 aromatic carbocycles. The minimum atomic E-state index is 0.483. The van der Waals surface area contributed by atoms with Crippen molar-refractivity contribution in [2.24, 2.45) is 0 Å². The van der Waals surface area contributed by atoms with Crippen LogP contribution in [0.1, 0.15) is 13.8 Å². The van der Waals surface area contributed by atoms with E-state index in [1.54, 1.807) is 0 Å². The van der Waals surface area contributed by atoms with E-state index in [0.29, 0.717) is 15.7 Å². The van der Waals surface area contributed by atoms with Crippen LogP contribution in [0.25, 0.3) is 0 Å². The summed E-state index contributed by atoms with van der Waals surface area (Å²) in [5.41, 5.74) is 0. The maximum absolute atomic E-state index is 4.37. The summed E-state index contributed by atoms with van der Waals surface area (Å²) in [5.74, 6) is 4.38. The monoisotopic (exact) mass is 288 g/mol. The van der Waals surface area contributed by atoms with Crippen LogP contribution in [-0.4, -0.2) is 38.8 Å². The van der Waals surface area contributed by atoms with Gasteiger partial charge in [0.05, 0.1) is 0 Å². The second-order valence-corrected chi connectivity index (χ2v) is 7.91. The van der Waals surface area contributed by atoms with Crippen LogP contribution in [0.2, 0.25) is 0 Å². The Balaban J connectivity index is 3.48. The van der Waals surface area contributed by atoms with Crippen LogP contribution in [0, 0.1) is 0 Å². The lowest BCUT2D eigenvalue weighted by atomic mass is 10.5. The number of hydrogen-bond donors (Lipinski definition) is 3. The SMILES string of the molecule is CC(S)CSCC(CS)SCC(C)S. The summed E-state index contributed by atoms with van der Waals surface area (Å²) in [5, 5.41) is 1.63. The molecule has 86 valence electrons. The van der Waals surface area contributed by atoms with Crippen molar-refractivity contribution >= 4 is 61.4 Å². The van der Waals surface area contributed by atoms with Crippen molar-refractivity contribution in [3.8, 4) is 0 Å². The van der Waals surface area contributed by atoms with Crippen molar-refractivity contribution in [3.63, 3.8) is 0 Å². The van der Waals surface area contributed by atoms with Gasteiger partial charge in [0.15, 0.2) is 0 Å². The van der Waals surface area contributed by atoms with Crippen LogP contribution >= 0.6 is 61.4 Å². The molecule has 0 N–H and O–H groups in total. The van der Waals surface area contributed by atoms with Gasteiger partial charge in [-0.2, -0.15) is 61.4 Å². The largest absolute Gasteiger partial charge is 0.178 e. The van der Waals surface area contributed by atoms with Crippen LogP contribution in [0.3, 0.4) is 0 Å². The van der Waals surface area contributed by atoms with Crippen LogP contribution in [0.4, 0.5) is 0 Å². The first-order valence-electron chi connectivity index (χ1n) is 4.72. The highest BCUT2D eigenvalue weighted by atomic mass is 32.2. The molecule has 0 radical (unpaired) electrons. The number of rotatable bonds is 8. The van der Waals surface area contributed by atoms with Gasteiger partial charge in [0.1, 0.15) is 0 Å². The van der Waals surface area contributed by atoms with Gasteiger partial charge in [-0.1, -0.05) is 13.8 Å². The Bertz CT molecular complexity index is 126. The molecule has 0 aliphatic heterocycles. The highest BCUT2D eigenvalue weighted by Gasteiger charge is 2.09. The summed E-state index contributed by atoms with van der Waals surface area (Å²) in [6.45, 7) is 4.27. The Morgan fingerprint density at radius 3 is 2.00 bits per heavy atom. The second-order valence-electron chi connectivity index (χ2n) is 3.37. The first-order chi connectivity index (χ1) is 6.56. The van der Waals surface area contributed by atoms with Crippen LogP contribution in [0.15, 0.2) is 0 Å².